The number of nitrogens with zero attached hydrogens (tertiary/aromatic N) is 3. The lowest BCUT2D eigenvalue weighted by atomic mass is 10.1. The summed E-state index contributed by atoms with van der Waals surface area (Å²) >= 11 is 1.65. The van der Waals surface area contributed by atoms with Crippen LogP contribution in [0.15, 0.2) is 146 Å². The molecule has 0 spiro atoms. The summed E-state index contributed by atoms with van der Waals surface area (Å²) in [4.78, 5) is 11.6. The molecule has 0 saturated heterocycles. The number of allylic oxidation sites excluding steroid dienone is 3. The average molecular weight is 537 g/mol. The SMILES string of the molecule is N/C=C(\C=C/Cc1ccc(N(c2ccccc2)c2ccccc2)cc1)c1ccc(-c2nc3ccccc3s2)nc1. The molecule has 4 nitrogen and oxygen atoms in total. The lowest BCUT2D eigenvalue weighted by Gasteiger charge is -2.25. The summed E-state index contributed by atoms with van der Waals surface area (Å²) in [5.41, 5.74) is 14.4. The third-order valence-corrected chi connectivity index (χ3v) is 7.72. The third kappa shape index (κ3) is 5.55. The van der Waals surface area contributed by atoms with Crippen LogP contribution in [-0.4, -0.2) is 9.97 Å². The molecular weight excluding hydrogens is 508 g/mol. The van der Waals surface area contributed by atoms with E-state index in [1.54, 1.807) is 17.5 Å². The first-order chi connectivity index (χ1) is 19.8. The number of hydrogen-bond donors (Lipinski definition) is 1. The molecule has 0 fully saturated rings. The Bertz CT molecular complexity index is 1680. The van der Waals surface area contributed by atoms with Crippen LogP contribution in [0.3, 0.4) is 0 Å². The van der Waals surface area contributed by atoms with Gasteiger partial charge in [-0.25, -0.2) is 4.98 Å². The van der Waals surface area contributed by atoms with Crippen molar-refractivity contribution in [3.05, 3.63) is 157 Å². The Morgan fingerprint density at radius 2 is 1.38 bits per heavy atom. The quantitative estimate of drug-likeness (QED) is 0.197. The number of rotatable bonds is 8. The molecule has 0 aliphatic carbocycles. The van der Waals surface area contributed by atoms with Crippen molar-refractivity contribution < 1.29 is 0 Å². The van der Waals surface area contributed by atoms with Gasteiger partial charge in [-0.3, -0.25) is 4.98 Å². The molecule has 2 N–H and O–H groups in total. The molecule has 6 aromatic rings. The molecule has 0 aliphatic heterocycles. The van der Waals surface area contributed by atoms with Crippen molar-refractivity contribution in [2.24, 2.45) is 5.73 Å². The molecule has 0 amide bonds. The summed E-state index contributed by atoms with van der Waals surface area (Å²) in [5.74, 6) is 0. The maximum Gasteiger partial charge on any atom is 0.143 e. The molecule has 4 aromatic carbocycles. The Labute approximate surface area is 238 Å². The maximum atomic E-state index is 5.99. The van der Waals surface area contributed by atoms with Crippen molar-refractivity contribution >= 4 is 44.2 Å². The van der Waals surface area contributed by atoms with Crippen LogP contribution in [0.4, 0.5) is 17.1 Å². The van der Waals surface area contributed by atoms with Crippen molar-refractivity contribution in [3.8, 4) is 10.7 Å². The molecular formula is C35H28N4S. The molecule has 0 bridgehead atoms. The fraction of sp³-hybridized carbons (Fsp3) is 0.0286. The standard InChI is InChI=1S/C35H28N4S/c36-24-27(28-20-23-33(37-25-28)35-38-32-16-7-8-17-34(32)40-35)11-9-10-26-18-21-31(22-19-26)39(29-12-3-1-4-13-29)30-14-5-2-6-15-30/h1-9,11-25H,10,36H2/b11-9-,27-24+. The predicted molar refractivity (Wildman–Crippen MR) is 169 cm³/mol. The van der Waals surface area contributed by atoms with Crippen LogP contribution in [0.5, 0.6) is 0 Å². The second kappa shape index (κ2) is 11.8. The highest BCUT2D eigenvalue weighted by Gasteiger charge is 2.11. The molecule has 0 saturated carbocycles. The molecule has 40 heavy (non-hydrogen) atoms. The Hall–Kier alpha value is -5.00. The summed E-state index contributed by atoms with van der Waals surface area (Å²) in [6.07, 6.45) is 8.49. The molecule has 194 valence electrons. The van der Waals surface area contributed by atoms with Gasteiger partial charge in [-0.15, -0.1) is 11.3 Å². The smallest absolute Gasteiger partial charge is 0.143 e. The first-order valence-corrected chi connectivity index (χ1v) is 14.0. The van der Waals surface area contributed by atoms with Gasteiger partial charge in [0.25, 0.3) is 0 Å². The van der Waals surface area contributed by atoms with Gasteiger partial charge in [-0.05, 0) is 72.2 Å². The number of benzene rings is 4. The van der Waals surface area contributed by atoms with Crippen molar-refractivity contribution in [1.29, 1.82) is 0 Å². The average Bonchev–Trinajstić information content (AvgIpc) is 3.46. The van der Waals surface area contributed by atoms with E-state index in [1.807, 2.05) is 48.7 Å². The normalized spacial score (nSPS) is 11.8. The minimum atomic E-state index is 0.797. The van der Waals surface area contributed by atoms with Gasteiger partial charge in [-0.2, -0.15) is 0 Å². The number of fused-ring (bicyclic) bond motifs is 1. The van der Waals surface area contributed by atoms with Crippen molar-refractivity contribution in [2.75, 3.05) is 4.90 Å². The molecule has 2 heterocycles. The highest BCUT2D eigenvalue weighted by molar-refractivity contribution is 7.21. The highest BCUT2D eigenvalue weighted by atomic mass is 32.1. The van der Waals surface area contributed by atoms with E-state index >= 15 is 0 Å². The molecule has 0 atom stereocenters. The van der Waals surface area contributed by atoms with E-state index in [0.717, 1.165) is 55.5 Å². The van der Waals surface area contributed by atoms with E-state index < -0.39 is 0 Å². The van der Waals surface area contributed by atoms with Gasteiger partial charge < -0.3 is 10.6 Å². The van der Waals surface area contributed by atoms with E-state index in [2.05, 4.69) is 101 Å². The second-order valence-corrected chi connectivity index (χ2v) is 10.4. The largest absolute Gasteiger partial charge is 0.404 e. The zero-order valence-corrected chi connectivity index (χ0v) is 22.7. The topological polar surface area (TPSA) is 55.0 Å². The molecule has 0 aliphatic rings. The molecule has 0 unspecified atom stereocenters. The maximum absolute atomic E-state index is 5.99. The number of aromatic nitrogens is 2. The van der Waals surface area contributed by atoms with Crippen LogP contribution in [0.25, 0.3) is 26.5 Å². The minimum Gasteiger partial charge on any atom is -0.404 e. The first kappa shape index (κ1) is 25.3. The Balaban J connectivity index is 1.15. The van der Waals surface area contributed by atoms with E-state index in [4.69, 9.17) is 10.7 Å². The number of thiazole rings is 1. The number of para-hydroxylation sites is 3. The Kier molecular flexibility index (Phi) is 7.46. The van der Waals surface area contributed by atoms with E-state index in [1.165, 1.54) is 5.56 Å². The van der Waals surface area contributed by atoms with Crippen molar-refractivity contribution in [3.63, 3.8) is 0 Å². The van der Waals surface area contributed by atoms with Gasteiger partial charge in [0.15, 0.2) is 0 Å². The lowest BCUT2D eigenvalue weighted by Crippen LogP contribution is -2.09. The van der Waals surface area contributed by atoms with Gasteiger partial charge in [-0.1, -0.05) is 78.9 Å². The number of nitrogens with two attached hydrogens (primary N) is 1. The fourth-order valence-corrected chi connectivity index (χ4v) is 5.57. The number of hydrogen-bond acceptors (Lipinski definition) is 5. The lowest BCUT2D eigenvalue weighted by molar-refractivity contribution is 1.24. The van der Waals surface area contributed by atoms with Crippen LogP contribution in [0, 0.1) is 0 Å². The van der Waals surface area contributed by atoms with Gasteiger partial charge in [0.05, 0.1) is 15.9 Å². The van der Waals surface area contributed by atoms with Crippen LogP contribution >= 0.6 is 11.3 Å². The zero-order chi connectivity index (χ0) is 27.1. The fourth-order valence-electron chi connectivity index (χ4n) is 4.63. The summed E-state index contributed by atoms with van der Waals surface area (Å²) in [5, 5.41) is 0.920. The Morgan fingerprint density at radius 3 is 2.00 bits per heavy atom. The van der Waals surface area contributed by atoms with Gasteiger partial charge >= 0.3 is 0 Å². The molecule has 6 rings (SSSR count). The minimum absolute atomic E-state index is 0.797. The van der Waals surface area contributed by atoms with Gasteiger partial charge in [0.2, 0.25) is 0 Å². The van der Waals surface area contributed by atoms with Crippen molar-refractivity contribution in [1.82, 2.24) is 9.97 Å². The second-order valence-electron chi connectivity index (χ2n) is 9.32. The summed E-state index contributed by atoms with van der Waals surface area (Å²) in [7, 11) is 0. The van der Waals surface area contributed by atoms with E-state index in [0.29, 0.717) is 0 Å². The van der Waals surface area contributed by atoms with Gasteiger partial charge in [0, 0.05) is 35.0 Å². The molecule has 2 aromatic heterocycles. The van der Waals surface area contributed by atoms with E-state index in [9.17, 15) is 0 Å². The zero-order valence-electron chi connectivity index (χ0n) is 21.9. The van der Waals surface area contributed by atoms with Crippen molar-refractivity contribution in [2.45, 2.75) is 6.42 Å². The first-order valence-electron chi connectivity index (χ1n) is 13.2. The van der Waals surface area contributed by atoms with Crippen LogP contribution in [-0.2, 0) is 6.42 Å². The summed E-state index contributed by atoms with van der Waals surface area (Å²) in [6, 6.07) is 41.8. The molecule has 5 heteroatoms. The summed E-state index contributed by atoms with van der Waals surface area (Å²) in [6.45, 7) is 0. The monoisotopic (exact) mass is 536 g/mol. The number of pyridine rings is 1. The third-order valence-electron chi connectivity index (χ3n) is 6.66. The summed E-state index contributed by atoms with van der Waals surface area (Å²) < 4.78 is 1.16. The van der Waals surface area contributed by atoms with Crippen LogP contribution in [0.2, 0.25) is 0 Å². The predicted octanol–water partition coefficient (Wildman–Crippen LogP) is 8.93. The molecule has 0 radical (unpaired) electrons. The number of anilines is 3. The van der Waals surface area contributed by atoms with E-state index in [-0.39, 0.29) is 0 Å². The van der Waals surface area contributed by atoms with Crippen LogP contribution in [0.1, 0.15) is 11.1 Å². The highest BCUT2D eigenvalue weighted by Crippen LogP contribution is 2.34. The Morgan fingerprint density at radius 1 is 0.725 bits per heavy atom. The van der Waals surface area contributed by atoms with Gasteiger partial charge in [0.1, 0.15) is 5.01 Å². The van der Waals surface area contributed by atoms with Crippen LogP contribution < -0.4 is 10.6 Å².